The van der Waals surface area contributed by atoms with Crippen LogP contribution in [0.2, 0.25) is 0 Å². The largest absolute Gasteiger partial charge is 0.415 e. The molecule has 1 fully saturated rings. The highest BCUT2D eigenvalue weighted by atomic mass is 32.2. The average molecular weight is 402 g/mol. The third kappa shape index (κ3) is 4.48. The third-order valence-corrected chi connectivity index (χ3v) is 6.67. The van der Waals surface area contributed by atoms with E-state index in [-0.39, 0.29) is 17.5 Å². The van der Waals surface area contributed by atoms with Crippen molar-refractivity contribution in [3.05, 3.63) is 36.0 Å². The SMILES string of the molecule is CC(C1CCCCC1)N1CC(C(F)(F)F)=CN1c1cccc(S(C)(=O)=O)c1. The summed E-state index contributed by atoms with van der Waals surface area (Å²) in [6.45, 7) is 1.75. The molecule has 2 aliphatic rings. The lowest BCUT2D eigenvalue weighted by molar-refractivity contribution is -0.0942. The molecule has 1 saturated carbocycles. The quantitative estimate of drug-likeness (QED) is 0.741. The van der Waals surface area contributed by atoms with Gasteiger partial charge in [0.1, 0.15) is 0 Å². The number of rotatable bonds is 4. The van der Waals surface area contributed by atoms with Crippen LogP contribution < -0.4 is 5.01 Å². The molecule has 0 bridgehead atoms. The van der Waals surface area contributed by atoms with E-state index in [4.69, 9.17) is 0 Å². The fourth-order valence-electron chi connectivity index (χ4n) is 3.96. The van der Waals surface area contributed by atoms with E-state index in [0.717, 1.165) is 38.1 Å². The standard InChI is InChI=1S/C19H25F3N2O2S/c1-14(15-7-4-3-5-8-15)23-12-16(19(20,21)22)13-24(23)17-9-6-10-18(11-17)27(2,25)26/h6,9-11,13-15H,3-5,7-8,12H2,1-2H3. The summed E-state index contributed by atoms with van der Waals surface area (Å²) in [5.74, 6) is 0.334. The van der Waals surface area contributed by atoms with Crippen molar-refractivity contribution >= 4 is 15.5 Å². The van der Waals surface area contributed by atoms with Crippen molar-refractivity contribution in [3.63, 3.8) is 0 Å². The Morgan fingerprint density at radius 2 is 1.81 bits per heavy atom. The molecule has 3 rings (SSSR count). The summed E-state index contributed by atoms with van der Waals surface area (Å²) in [7, 11) is -3.44. The Morgan fingerprint density at radius 1 is 1.15 bits per heavy atom. The van der Waals surface area contributed by atoms with Gasteiger partial charge in [-0.2, -0.15) is 13.2 Å². The van der Waals surface area contributed by atoms with Gasteiger partial charge in [0, 0.05) is 18.5 Å². The maximum atomic E-state index is 13.4. The summed E-state index contributed by atoms with van der Waals surface area (Å²) in [6.07, 6.45) is 3.18. The summed E-state index contributed by atoms with van der Waals surface area (Å²) in [5, 5.41) is 3.21. The van der Waals surface area contributed by atoms with Gasteiger partial charge >= 0.3 is 6.18 Å². The molecule has 1 aliphatic heterocycles. The Balaban J connectivity index is 1.96. The van der Waals surface area contributed by atoms with Crippen LogP contribution in [0.25, 0.3) is 0 Å². The average Bonchev–Trinajstić information content (AvgIpc) is 3.07. The molecular formula is C19H25F3N2O2S. The van der Waals surface area contributed by atoms with Crippen LogP contribution in [-0.4, -0.2) is 38.4 Å². The van der Waals surface area contributed by atoms with E-state index in [0.29, 0.717) is 11.6 Å². The van der Waals surface area contributed by atoms with E-state index in [1.54, 1.807) is 17.1 Å². The Hall–Kier alpha value is -1.54. The topological polar surface area (TPSA) is 40.6 Å². The lowest BCUT2D eigenvalue weighted by Gasteiger charge is -2.39. The molecule has 150 valence electrons. The first-order valence-corrected chi connectivity index (χ1v) is 11.1. The van der Waals surface area contributed by atoms with Crippen molar-refractivity contribution in [2.45, 2.75) is 56.1 Å². The smallest absolute Gasteiger partial charge is 0.281 e. The predicted molar refractivity (Wildman–Crippen MR) is 98.9 cm³/mol. The Kier molecular flexibility index (Phi) is 5.59. The molecule has 8 heteroatoms. The summed E-state index contributed by atoms with van der Waals surface area (Å²) in [4.78, 5) is 0.0964. The summed E-state index contributed by atoms with van der Waals surface area (Å²) < 4.78 is 63.9. The predicted octanol–water partition coefficient (Wildman–Crippen LogP) is 4.54. The van der Waals surface area contributed by atoms with Gasteiger partial charge in [0.05, 0.1) is 22.7 Å². The van der Waals surface area contributed by atoms with Gasteiger partial charge in [-0.25, -0.2) is 13.4 Å². The van der Waals surface area contributed by atoms with Crippen LogP contribution in [0.3, 0.4) is 0 Å². The Morgan fingerprint density at radius 3 is 2.41 bits per heavy atom. The number of alkyl halides is 3. The molecule has 1 aromatic carbocycles. The van der Waals surface area contributed by atoms with Crippen LogP contribution in [0.15, 0.2) is 40.9 Å². The van der Waals surface area contributed by atoms with Crippen LogP contribution in [0.4, 0.5) is 18.9 Å². The zero-order valence-corrected chi connectivity index (χ0v) is 16.4. The van der Waals surface area contributed by atoms with Crippen molar-refractivity contribution in [2.75, 3.05) is 17.8 Å². The minimum absolute atomic E-state index is 0.0664. The first-order valence-electron chi connectivity index (χ1n) is 9.21. The lowest BCUT2D eigenvalue weighted by Crippen LogP contribution is -2.46. The fourth-order valence-corrected chi connectivity index (χ4v) is 4.62. The minimum atomic E-state index is -4.41. The number of hydrogen-bond donors (Lipinski definition) is 0. The number of halogens is 3. The van der Waals surface area contributed by atoms with E-state index in [9.17, 15) is 21.6 Å². The highest BCUT2D eigenvalue weighted by molar-refractivity contribution is 7.90. The number of hydrogen-bond acceptors (Lipinski definition) is 4. The van der Waals surface area contributed by atoms with E-state index >= 15 is 0 Å². The van der Waals surface area contributed by atoms with E-state index < -0.39 is 21.6 Å². The molecule has 4 nitrogen and oxygen atoms in total. The molecule has 0 aromatic heterocycles. The molecular weight excluding hydrogens is 377 g/mol. The first kappa shape index (κ1) is 20.2. The molecule has 0 saturated heterocycles. The van der Waals surface area contributed by atoms with Crippen molar-refractivity contribution < 1.29 is 21.6 Å². The number of nitrogens with zero attached hydrogens (tertiary/aromatic N) is 2. The number of hydrazine groups is 1. The fraction of sp³-hybridized carbons (Fsp3) is 0.579. The maximum Gasteiger partial charge on any atom is 0.415 e. The Bertz CT molecular complexity index is 814. The van der Waals surface area contributed by atoms with Gasteiger partial charge in [0.15, 0.2) is 9.84 Å². The molecule has 1 heterocycles. The highest BCUT2D eigenvalue weighted by Crippen LogP contribution is 2.38. The molecule has 1 unspecified atom stereocenters. The second-order valence-corrected chi connectivity index (χ2v) is 9.52. The molecule has 0 radical (unpaired) electrons. The summed E-state index contributed by atoms with van der Waals surface area (Å²) in [6, 6.07) is 6.03. The molecule has 0 N–H and O–H groups in total. The van der Waals surface area contributed by atoms with E-state index in [1.807, 2.05) is 6.92 Å². The molecule has 0 spiro atoms. The van der Waals surface area contributed by atoms with Gasteiger partial charge < -0.3 is 0 Å². The van der Waals surface area contributed by atoms with Gasteiger partial charge in [-0.1, -0.05) is 25.3 Å². The monoisotopic (exact) mass is 402 g/mol. The zero-order valence-electron chi connectivity index (χ0n) is 15.5. The maximum absolute atomic E-state index is 13.4. The van der Waals surface area contributed by atoms with Crippen molar-refractivity contribution in [3.8, 4) is 0 Å². The number of sulfone groups is 1. The molecule has 1 aliphatic carbocycles. The molecule has 27 heavy (non-hydrogen) atoms. The van der Waals surface area contributed by atoms with Crippen molar-refractivity contribution in [1.29, 1.82) is 0 Å². The highest BCUT2D eigenvalue weighted by Gasteiger charge is 2.42. The number of benzene rings is 1. The van der Waals surface area contributed by atoms with Gasteiger partial charge in [-0.3, -0.25) is 5.01 Å². The third-order valence-electron chi connectivity index (χ3n) is 5.56. The van der Waals surface area contributed by atoms with E-state index in [2.05, 4.69) is 0 Å². The first-order chi connectivity index (χ1) is 12.6. The van der Waals surface area contributed by atoms with Gasteiger partial charge in [0.2, 0.25) is 0 Å². The van der Waals surface area contributed by atoms with Gasteiger partial charge in [0.25, 0.3) is 0 Å². The van der Waals surface area contributed by atoms with Crippen molar-refractivity contribution in [1.82, 2.24) is 5.01 Å². The summed E-state index contributed by atoms with van der Waals surface area (Å²) in [5.41, 5.74) is -0.185. The Labute approximate surface area is 158 Å². The van der Waals surface area contributed by atoms with Crippen LogP contribution in [0.1, 0.15) is 39.0 Å². The van der Waals surface area contributed by atoms with Crippen LogP contribution in [0.5, 0.6) is 0 Å². The van der Waals surface area contributed by atoms with Crippen LogP contribution >= 0.6 is 0 Å². The second kappa shape index (κ2) is 7.47. The second-order valence-electron chi connectivity index (χ2n) is 7.50. The van der Waals surface area contributed by atoms with Crippen LogP contribution in [0, 0.1) is 5.92 Å². The molecule has 1 atom stereocenters. The zero-order chi connectivity index (χ0) is 19.8. The lowest BCUT2D eigenvalue weighted by atomic mass is 9.84. The van der Waals surface area contributed by atoms with Crippen LogP contribution in [-0.2, 0) is 9.84 Å². The molecule has 1 aromatic rings. The normalized spacial score (nSPS) is 21.4. The van der Waals surface area contributed by atoms with E-state index in [1.165, 1.54) is 23.6 Å². The number of anilines is 1. The molecule has 0 amide bonds. The summed E-state index contributed by atoms with van der Waals surface area (Å²) >= 11 is 0. The minimum Gasteiger partial charge on any atom is -0.281 e. The van der Waals surface area contributed by atoms with Gasteiger partial charge in [-0.05, 0) is 43.9 Å². The van der Waals surface area contributed by atoms with Gasteiger partial charge in [-0.15, -0.1) is 0 Å². The van der Waals surface area contributed by atoms with Crippen molar-refractivity contribution in [2.24, 2.45) is 5.92 Å².